The number of nitrogens with zero attached hydrogens (tertiary/aromatic N) is 4. The van der Waals surface area contributed by atoms with Crippen LogP contribution in [0.5, 0.6) is 0 Å². The molecule has 1 amide bonds. The Morgan fingerprint density at radius 1 is 1.29 bits per heavy atom. The van der Waals surface area contributed by atoms with E-state index in [0.717, 1.165) is 36.4 Å². The molecule has 10 heteroatoms. The van der Waals surface area contributed by atoms with Crippen LogP contribution in [0.15, 0.2) is 53.7 Å². The number of amides is 1. The Labute approximate surface area is 182 Å². The zero-order valence-electron chi connectivity index (χ0n) is 16.7. The molecule has 160 valence electrons. The second kappa shape index (κ2) is 8.84. The van der Waals surface area contributed by atoms with Crippen molar-refractivity contribution in [2.24, 2.45) is 0 Å². The monoisotopic (exact) mass is 441 g/mol. The number of thioether (sulfide) groups is 1. The maximum absolute atomic E-state index is 13.5. The van der Waals surface area contributed by atoms with Crippen molar-refractivity contribution in [2.75, 3.05) is 5.32 Å². The van der Waals surface area contributed by atoms with Gasteiger partial charge in [-0.05, 0) is 37.5 Å². The summed E-state index contributed by atoms with van der Waals surface area (Å²) in [7, 11) is 0. The molecule has 4 rings (SSSR count). The number of hydrogen-bond acceptors (Lipinski definition) is 6. The normalized spacial score (nSPS) is 14.3. The zero-order chi connectivity index (χ0) is 22.0. The second-order valence-corrected chi connectivity index (χ2v) is 8.67. The molecule has 0 saturated heterocycles. The summed E-state index contributed by atoms with van der Waals surface area (Å²) in [5.41, 5.74) is 0.589. The van der Waals surface area contributed by atoms with Crippen molar-refractivity contribution in [3.05, 3.63) is 75.9 Å². The van der Waals surface area contributed by atoms with Crippen LogP contribution in [0.2, 0.25) is 0 Å². The minimum absolute atomic E-state index is 0.162. The molecule has 1 aliphatic carbocycles. The van der Waals surface area contributed by atoms with E-state index in [-0.39, 0.29) is 11.6 Å². The Balaban J connectivity index is 1.49. The van der Waals surface area contributed by atoms with Crippen LogP contribution in [-0.4, -0.2) is 30.8 Å². The molecule has 1 atom stereocenters. The van der Waals surface area contributed by atoms with Crippen molar-refractivity contribution < 1.29 is 14.1 Å². The standard InChI is InChI=1S/C21H20FN5O3S/c1-13(20(28)23-16-9-10-17(22)18(11-16)27(29)30)31-21-25-24-19(15-7-8-15)26(21)12-14-5-3-2-4-6-14/h2-6,9-11,13,15H,7-8,12H2,1H3,(H,23,28). The number of halogens is 1. The first-order valence-electron chi connectivity index (χ1n) is 9.81. The topological polar surface area (TPSA) is 103 Å². The van der Waals surface area contributed by atoms with E-state index in [1.807, 2.05) is 34.9 Å². The molecular weight excluding hydrogens is 421 g/mol. The lowest BCUT2D eigenvalue weighted by molar-refractivity contribution is -0.387. The molecule has 1 fully saturated rings. The Bertz CT molecular complexity index is 1120. The van der Waals surface area contributed by atoms with Crippen LogP contribution in [-0.2, 0) is 11.3 Å². The van der Waals surface area contributed by atoms with Crippen molar-refractivity contribution in [1.29, 1.82) is 0 Å². The predicted octanol–water partition coefficient (Wildman–Crippen LogP) is 4.37. The van der Waals surface area contributed by atoms with E-state index in [0.29, 0.717) is 17.6 Å². The van der Waals surface area contributed by atoms with E-state index in [9.17, 15) is 19.3 Å². The van der Waals surface area contributed by atoms with Crippen molar-refractivity contribution in [3.63, 3.8) is 0 Å². The van der Waals surface area contributed by atoms with Gasteiger partial charge in [0.1, 0.15) is 5.82 Å². The van der Waals surface area contributed by atoms with Crippen LogP contribution in [0, 0.1) is 15.9 Å². The molecule has 0 spiro atoms. The van der Waals surface area contributed by atoms with Gasteiger partial charge in [-0.25, -0.2) is 0 Å². The number of carbonyl (C=O) groups excluding carboxylic acids is 1. The van der Waals surface area contributed by atoms with Gasteiger partial charge in [-0.3, -0.25) is 14.9 Å². The number of hydrogen-bond donors (Lipinski definition) is 1. The molecule has 1 unspecified atom stereocenters. The Kier molecular flexibility index (Phi) is 5.99. The van der Waals surface area contributed by atoms with Gasteiger partial charge in [0, 0.05) is 17.7 Å². The Morgan fingerprint density at radius 2 is 2.03 bits per heavy atom. The minimum atomic E-state index is -0.952. The van der Waals surface area contributed by atoms with Crippen molar-refractivity contribution >= 4 is 29.0 Å². The van der Waals surface area contributed by atoms with Gasteiger partial charge in [0.25, 0.3) is 0 Å². The molecule has 1 N–H and O–H groups in total. The van der Waals surface area contributed by atoms with Gasteiger partial charge < -0.3 is 9.88 Å². The fraction of sp³-hybridized carbons (Fsp3) is 0.286. The third-order valence-electron chi connectivity index (χ3n) is 4.93. The van der Waals surface area contributed by atoms with E-state index in [1.54, 1.807) is 6.92 Å². The molecule has 1 aliphatic rings. The highest BCUT2D eigenvalue weighted by atomic mass is 32.2. The summed E-state index contributed by atoms with van der Waals surface area (Å²) in [6.07, 6.45) is 2.16. The molecule has 31 heavy (non-hydrogen) atoms. The summed E-state index contributed by atoms with van der Waals surface area (Å²) in [6.45, 7) is 2.33. The number of anilines is 1. The van der Waals surface area contributed by atoms with Gasteiger partial charge in [-0.15, -0.1) is 10.2 Å². The number of nitrogens with one attached hydrogen (secondary N) is 1. The average Bonchev–Trinajstić information content (AvgIpc) is 3.53. The van der Waals surface area contributed by atoms with E-state index in [2.05, 4.69) is 15.5 Å². The van der Waals surface area contributed by atoms with Gasteiger partial charge in [0.05, 0.1) is 16.7 Å². The van der Waals surface area contributed by atoms with Crippen LogP contribution < -0.4 is 5.32 Å². The summed E-state index contributed by atoms with van der Waals surface area (Å²) in [5, 5.41) is 22.3. The van der Waals surface area contributed by atoms with Crippen LogP contribution in [0.25, 0.3) is 0 Å². The first-order chi connectivity index (χ1) is 14.9. The molecule has 0 radical (unpaired) electrons. The molecular formula is C21H20FN5O3S. The summed E-state index contributed by atoms with van der Waals surface area (Å²) in [5.74, 6) is 0.00256. The molecule has 0 bridgehead atoms. The van der Waals surface area contributed by atoms with E-state index < -0.39 is 21.7 Å². The van der Waals surface area contributed by atoms with Gasteiger partial charge in [-0.1, -0.05) is 42.1 Å². The summed E-state index contributed by atoms with van der Waals surface area (Å²) >= 11 is 1.27. The fourth-order valence-corrected chi connectivity index (χ4v) is 3.99. The van der Waals surface area contributed by atoms with E-state index in [1.165, 1.54) is 17.8 Å². The molecule has 2 aromatic carbocycles. The number of aromatic nitrogens is 3. The maximum Gasteiger partial charge on any atom is 0.306 e. The highest BCUT2D eigenvalue weighted by Crippen LogP contribution is 2.40. The molecule has 0 aliphatic heterocycles. The summed E-state index contributed by atoms with van der Waals surface area (Å²) in [6, 6.07) is 13.2. The highest BCUT2D eigenvalue weighted by molar-refractivity contribution is 8.00. The van der Waals surface area contributed by atoms with Crippen LogP contribution in [0.1, 0.15) is 37.1 Å². The largest absolute Gasteiger partial charge is 0.325 e. The van der Waals surface area contributed by atoms with Gasteiger partial charge in [0.2, 0.25) is 11.7 Å². The van der Waals surface area contributed by atoms with Crippen molar-refractivity contribution in [2.45, 2.75) is 42.6 Å². The van der Waals surface area contributed by atoms with Gasteiger partial charge in [-0.2, -0.15) is 4.39 Å². The number of nitro benzene ring substituents is 1. The fourth-order valence-electron chi connectivity index (χ4n) is 3.13. The maximum atomic E-state index is 13.5. The number of rotatable bonds is 8. The zero-order valence-corrected chi connectivity index (χ0v) is 17.5. The summed E-state index contributed by atoms with van der Waals surface area (Å²) < 4.78 is 15.6. The molecule has 3 aromatic rings. The lowest BCUT2D eigenvalue weighted by Crippen LogP contribution is -2.23. The minimum Gasteiger partial charge on any atom is -0.325 e. The van der Waals surface area contributed by atoms with Crippen molar-refractivity contribution in [3.8, 4) is 0 Å². The lowest BCUT2D eigenvalue weighted by Gasteiger charge is -2.14. The first kappa shape index (κ1) is 21.0. The Morgan fingerprint density at radius 3 is 2.71 bits per heavy atom. The van der Waals surface area contributed by atoms with Gasteiger partial charge >= 0.3 is 5.69 Å². The quantitative estimate of drug-likeness (QED) is 0.316. The number of carbonyl (C=O) groups is 1. The smallest absolute Gasteiger partial charge is 0.306 e. The second-order valence-electron chi connectivity index (χ2n) is 7.36. The Hall–Kier alpha value is -3.27. The SMILES string of the molecule is CC(Sc1nnc(C2CC2)n1Cc1ccccc1)C(=O)Nc1ccc(F)c([N+](=O)[O-])c1. The van der Waals surface area contributed by atoms with Crippen molar-refractivity contribution in [1.82, 2.24) is 14.8 Å². The first-order valence-corrected chi connectivity index (χ1v) is 10.7. The van der Waals surface area contributed by atoms with E-state index >= 15 is 0 Å². The van der Waals surface area contributed by atoms with Crippen LogP contribution >= 0.6 is 11.8 Å². The molecule has 8 nitrogen and oxygen atoms in total. The number of nitro groups is 1. The van der Waals surface area contributed by atoms with E-state index in [4.69, 9.17) is 0 Å². The summed E-state index contributed by atoms with van der Waals surface area (Å²) in [4.78, 5) is 22.7. The third kappa shape index (κ3) is 4.91. The van der Waals surface area contributed by atoms with Crippen LogP contribution in [0.3, 0.4) is 0 Å². The van der Waals surface area contributed by atoms with Gasteiger partial charge in [0.15, 0.2) is 5.16 Å². The highest BCUT2D eigenvalue weighted by Gasteiger charge is 2.31. The van der Waals surface area contributed by atoms with Crippen LogP contribution in [0.4, 0.5) is 15.8 Å². The number of benzene rings is 2. The lowest BCUT2D eigenvalue weighted by atomic mass is 10.2. The third-order valence-corrected chi connectivity index (χ3v) is 6.01. The molecule has 1 heterocycles. The molecule has 1 saturated carbocycles. The average molecular weight is 441 g/mol. The molecule has 1 aromatic heterocycles. The predicted molar refractivity (Wildman–Crippen MR) is 115 cm³/mol.